The molecule has 1 aromatic rings. The zero-order chi connectivity index (χ0) is 15.9. The molecule has 0 atom stereocenters. The summed E-state index contributed by atoms with van der Waals surface area (Å²) in [6.45, 7) is 1.37. The molecule has 1 rings (SSSR count). The van der Waals surface area contributed by atoms with Gasteiger partial charge in [-0.05, 0) is 31.0 Å². The summed E-state index contributed by atoms with van der Waals surface area (Å²) in [4.78, 5) is 21.6. The lowest BCUT2D eigenvalue weighted by Gasteiger charge is -2.07. The largest absolute Gasteiger partial charge is 0.481 e. The Bertz CT molecular complexity index is 594. The van der Waals surface area contributed by atoms with E-state index >= 15 is 0 Å². The molecular formula is C13H17NO6S. The van der Waals surface area contributed by atoms with E-state index in [0.29, 0.717) is 6.42 Å². The number of esters is 1. The van der Waals surface area contributed by atoms with Crippen LogP contribution in [0.2, 0.25) is 0 Å². The number of rotatable bonds is 8. The van der Waals surface area contributed by atoms with Crippen molar-refractivity contribution in [1.82, 2.24) is 4.72 Å². The molecule has 0 saturated heterocycles. The molecule has 21 heavy (non-hydrogen) atoms. The van der Waals surface area contributed by atoms with Crippen molar-refractivity contribution in [2.45, 2.75) is 24.7 Å². The predicted molar refractivity (Wildman–Crippen MR) is 74.2 cm³/mol. The van der Waals surface area contributed by atoms with Crippen molar-refractivity contribution in [1.29, 1.82) is 0 Å². The number of hydrogen-bond acceptors (Lipinski definition) is 5. The zero-order valence-corrected chi connectivity index (χ0v) is 12.4. The van der Waals surface area contributed by atoms with Crippen molar-refractivity contribution in [3.8, 4) is 0 Å². The highest BCUT2D eigenvalue weighted by molar-refractivity contribution is 7.89. The molecule has 0 radical (unpaired) electrons. The van der Waals surface area contributed by atoms with E-state index in [4.69, 9.17) is 5.11 Å². The van der Waals surface area contributed by atoms with Gasteiger partial charge in [-0.3, -0.25) is 9.59 Å². The summed E-state index contributed by atoms with van der Waals surface area (Å²) in [5.41, 5.74) is 0.724. The lowest BCUT2D eigenvalue weighted by molar-refractivity contribution is -0.141. The van der Waals surface area contributed by atoms with E-state index in [1.165, 1.54) is 12.1 Å². The summed E-state index contributed by atoms with van der Waals surface area (Å²) in [6.07, 6.45) is 0.305. The highest BCUT2D eigenvalue weighted by Gasteiger charge is 2.15. The number of aliphatic carboxylic acids is 1. The first kappa shape index (κ1) is 17.1. The third kappa shape index (κ3) is 5.92. The van der Waals surface area contributed by atoms with E-state index in [1.807, 2.05) is 0 Å². The topological polar surface area (TPSA) is 110 Å². The second-order valence-electron chi connectivity index (χ2n) is 4.17. The van der Waals surface area contributed by atoms with Gasteiger partial charge >= 0.3 is 11.9 Å². The van der Waals surface area contributed by atoms with Gasteiger partial charge in [0, 0.05) is 6.42 Å². The number of carbonyl (C=O) groups excluding carboxylic acids is 1. The van der Waals surface area contributed by atoms with Crippen LogP contribution in [-0.2, 0) is 30.8 Å². The van der Waals surface area contributed by atoms with Gasteiger partial charge in [0.25, 0.3) is 0 Å². The lowest BCUT2D eigenvalue weighted by Crippen LogP contribution is -2.30. The molecule has 116 valence electrons. The minimum Gasteiger partial charge on any atom is -0.481 e. The molecular weight excluding hydrogens is 298 g/mol. The first-order chi connectivity index (χ1) is 9.85. The molecule has 0 amide bonds. The van der Waals surface area contributed by atoms with Gasteiger partial charge in [-0.15, -0.1) is 0 Å². The number of benzene rings is 1. The van der Waals surface area contributed by atoms with E-state index in [-0.39, 0.29) is 17.9 Å². The van der Waals surface area contributed by atoms with E-state index in [1.54, 1.807) is 19.1 Å². The summed E-state index contributed by atoms with van der Waals surface area (Å²) in [5.74, 6) is -1.57. The number of sulfonamides is 1. The van der Waals surface area contributed by atoms with Gasteiger partial charge in [0.15, 0.2) is 0 Å². The Labute approximate surface area is 123 Å². The van der Waals surface area contributed by atoms with Gasteiger partial charge in [0.05, 0.1) is 11.5 Å². The Kier molecular flexibility index (Phi) is 6.32. The molecule has 8 heteroatoms. The van der Waals surface area contributed by atoms with Crippen molar-refractivity contribution < 1.29 is 27.9 Å². The average molecular weight is 315 g/mol. The second-order valence-corrected chi connectivity index (χ2v) is 5.93. The molecule has 2 N–H and O–H groups in total. The average Bonchev–Trinajstić information content (AvgIpc) is 2.44. The molecule has 0 heterocycles. The number of carboxylic acid groups (broad SMARTS) is 1. The molecule has 0 aliphatic rings. The first-order valence-corrected chi connectivity index (χ1v) is 7.79. The van der Waals surface area contributed by atoms with Crippen LogP contribution in [0.15, 0.2) is 29.2 Å². The van der Waals surface area contributed by atoms with Gasteiger partial charge < -0.3 is 9.84 Å². The number of ether oxygens (including phenoxy) is 1. The SMILES string of the molecule is CCOC(=O)CNS(=O)(=O)c1ccc(CCC(=O)O)cc1. The maximum absolute atomic E-state index is 11.9. The normalized spacial score (nSPS) is 11.1. The highest BCUT2D eigenvalue weighted by Crippen LogP contribution is 2.11. The molecule has 0 unspecified atom stereocenters. The summed E-state index contributed by atoms with van der Waals surface area (Å²) in [6, 6.07) is 5.82. The van der Waals surface area contributed by atoms with Crippen molar-refractivity contribution in [2.75, 3.05) is 13.2 Å². The Balaban J connectivity index is 2.66. The van der Waals surface area contributed by atoms with Gasteiger partial charge in [-0.2, -0.15) is 4.72 Å². The van der Waals surface area contributed by atoms with Crippen LogP contribution in [0.4, 0.5) is 0 Å². The number of aryl methyl sites for hydroxylation is 1. The first-order valence-electron chi connectivity index (χ1n) is 6.31. The van der Waals surface area contributed by atoms with Crippen molar-refractivity contribution in [3.05, 3.63) is 29.8 Å². The molecule has 0 spiro atoms. The molecule has 0 fully saturated rings. The summed E-state index contributed by atoms with van der Waals surface area (Å²) in [5, 5.41) is 8.57. The molecule has 0 saturated carbocycles. The van der Waals surface area contributed by atoms with Gasteiger partial charge in [0.1, 0.15) is 6.54 Å². The van der Waals surface area contributed by atoms with Crippen molar-refractivity contribution in [3.63, 3.8) is 0 Å². The fourth-order valence-corrected chi connectivity index (χ4v) is 2.50. The molecule has 0 aliphatic carbocycles. The Morgan fingerprint density at radius 2 is 1.86 bits per heavy atom. The molecule has 1 aromatic carbocycles. The van der Waals surface area contributed by atoms with Gasteiger partial charge in [-0.1, -0.05) is 12.1 Å². The van der Waals surface area contributed by atoms with E-state index in [2.05, 4.69) is 9.46 Å². The van der Waals surface area contributed by atoms with Crippen LogP contribution in [0.1, 0.15) is 18.9 Å². The number of carboxylic acids is 1. The maximum atomic E-state index is 11.9. The second kappa shape index (κ2) is 7.75. The van der Waals surface area contributed by atoms with Crippen LogP contribution in [-0.4, -0.2) is 38.6 Å². The fraction of sp³-hybridized carbons (Fsp3) is 0.385. The van der Waals surface area contributed by atoms with E-state index < -0.39 is 28.5 Å². The monoisotopic (exact) mass is 315 g/mol. The number of carbonyl (C=O) groups is 2. The summed E-state index contributed by atoms with van der Waals surface area (Å²) < 4.78 is 30.6. The molecule has 7 nitrogen and oxygen atoms in total. The highest BCUT2D eigenvalue weighted by atomic mass is 32.2. The van der Waals surface area contributed by atoms with Crippen LogP contribution in [0, 0.1) is 0 Å². The molecule has 0 bridgehead atoms. The van der Waals surface area contributed by atoms with Crippen LogP contribution in [0.3, 0.4) is 0 Å². The fourth-order valence-electron chi connectivity index (χ4n) is 1.54. The smallest absolute Gasteiger partial charge is 0.321 e. The van der Waals surface area contributed by atoms with Crippen molar-refractivity contribution >= 4 is 22.0 Å². The minimum atomic E-state index is -3.79. The lowest BCUT2D eigenvalue weighted by atomic mass is 10.1. The number of nitrogens with one attached hydrogen (secondary N) is 1. The standard InChI is InChI=1S/C13H17NO6S/c1-2-20-13(17)9-14-21(18,19)11-6-3-10(4-7-11)5-8-12(15)16/h3-4,6-7,14H,2,5,8-9H2,1H3,(H,15,16). The Morgan fingerprint density at radius 3 is 2.38 bits per heavy atom. The summed E-state index contributed by atoms with van der Waals surface area (Å²) in [7, 11) is -3.79. The van der Waals surface area contributed by atoms with Gasteiger partial charge in [0.2, 0.25) is 10.0 Å². The third-order valence-electron chi connectivity index (χ3n) is 2.57. The zero-order valence-electron chi connectivity index (χ0n) is 11.5. The van der Waals surface area contributed by atoms with Crippen LogP contribution < -0.4 is 4.72 Å². The summed E-state index contributed by atoms with van der Waals surface area (Å²) >= 11 is 0. The van der Waals surface area contributed by atoms with E-state index in [9.17, 15) is 18.0 Å². The minimum absolute atomic E-state index is 0.00544. The van der Waals surface area contributed by atoms with Crippen LogP contribution in [0.25, 0.3) is 0 Å². The van der Waals surface area contributed by atoms with E-state index in [0.717, 1.165) is 5.56 Å². The molecule has 0 aromatic heterocycles. The number of hydrogen-bond donors (Lipinski definition) is 2. The molecule has 0 aliphatic heterocycles. The van der Waals surface area contributed by atoms with Crippen LogP contribution >= 0.6 is 0 Å². The quantitative estimate of drug-likeness (QED) is 0.678. The van der Waals surface area contributed by atoms with Crippen LogP contribution in [0.5, 0.6) is 0 Å². The van der Waals surface area contributed by atoms with Gasteiger partial charge in [-0.25, -0.2) is 8.42 Å². The Hall–Kier alpha value is -1.93. The predicted octanol–water partition coefficient (Wildman–Crippen LogP) is 0.545. The van der Waals surface area contributed by atoms with Crippen molar-refractivity contribution in [2.24, 2.45) is 0 Å². The maximum Gasteiger partial charge on any atom is 0.321 e. The third-order valence-corrected chi connectivity index (χ3v) is 3.99. The Morgan fingerprint density at radius 1 is 1.24 bits per heavy atom.